The van der Waals surface area contributed by atoms with Crippen molar-refractivity contribution in [3.8, 4) is 5.75 Å². The normalized spacial score (nSPS) is 10.3. The van der Waals surface area contributed by atoms with Gasteiger partial charge >= 0.3 is 0 Å². The zero-order valence-corrected chi connectivity index (χ0v) is 11.7. The van der Waals surface area contributed by atoms with Gasteiger partial charge < -0.3 is 10.1 Å². The number of nitrogens with one attached hydrogen (secondary N) is 1. The molecule has 0 unspecified atom stereocenters. The lowest BCUT2D eigenvalue weighted by atomic mass is 10.3. The van der Waals surface area contributed by atoms with Crippen LogP contribution in [0.4, 0.5) is 5.69 Å². The number of rotatable bonds is 8. The second-order valence-electron chi connectivity index (χ2n) is 4.11. The second-order valence-corrected chi connectivity index (χ2v) is 4.11. The van der Waals surface area contributed by atoms with E-state index >= 15 is 0 Å². The zero-order valence-electron chi connectivity index (χ0n) is 11.7. The van der Waals surface area contributed by atoms with Crippen LogP contribution in [-0.4, -0.2) is 37.0 Å². The highest BCUT2D eigenvalue weighted by molar-refractivity contribution is 5.93. The van der Waals surface area contributed by atoms with Crippen LogP contribution in [0.5, 0.6) is 5.75 Å². The molecule has 19 heavy (non-hydrogen) atoms. The second kappa shape index (κ2) is 8.32. The number of carbonyl (C=O) groups is 1. The molecule has 0 saturated carbocycles. The molecule has 0 aliphatic carbocycles. The van der Waals surface area contributed by atoms with Crippen molar-refractivity contribution in [2.45, 2.75) is 13.8 Å². The van der Waals surface area contributed by atoms with Crippen molar-refractivity contribution in [1.82, 2.24) is 4.90 Å². The van der Waals surface area contributed by atoms with E-state index in [1.165, 1.54) is 0 Å². The molecule has 1 rings (SSSR count). The first-order valence-corrected chi connectivity index (χ1v) is 6.56. The number of nitrogens with zero attached hydrogens (tertiary/aromatic N) is 1. The van der Waals surface area contributed by atoms with Gasteiger partial charge in [0.2, 0.25) is 5.91 Å². The van der Waals surface area contributed by atoms with Gasteiger partial charge in [-0.05, 0) is 25.2 Å². The molecule has 0 bridgehead atoms. The predicted molar refractivity (Wildman–Crippen MR) is 78.6 cm³/mol. The first kappa shape index (κ1) is 15.2. The maximum absolute atomic E-state index is 11.9. The average molecular weight is 262 g/mol. The molecule has 0 spiro atoms. The number of likely N-dealkylation sites (N-methyl/N-ethyl adjacent to an activating group) is 1. The summed E-state index contributed by atoms with van der Waals surface area (Å²) in [5, 5.41) is 2.88. The lowest BCUT2D eigenvalue weighted by Gasteiger charge is -2.18. The van der Waals surface area contributed by atoms with Gasteiger partial charge in [-0.15, -0.1) is 0 Å². The summed E-state index contributed by atoms with van der Waals surface area (Å²) >= 11 is 0. The van der Waals surface area contributed by atoms with Crippen LogP contribution in [0, 0.1) is 0 Å². The molecule has 1 N–H and O–H groups in total. The molecular weight excluding hydrogens is 240 g/mol. The maximum Gasteiger partial charge on any atom is 0.238 e. The molecular formula is C15H22N2O2. The molecule has 104 valence electrons. The fraction of sp³-hybridized carbons (Fsp3) is 0.400. The average Bonchev–Trinajstić information content (AvgIpc) is 2.43. The van der Waals surface area contributed by atoms with Gasteiger partial charge in [0.1, 0.15) is 12.4 Å². The minimum atomic E-state index is -0.0293. The molecule has 0 aliphatic heterocycles. The molecule has 1 aromatic rings. The minimum Gasteiger partial charge on any atom is -0.487 e. The number of ether oxygens (including phenoxy) is 1. The van der Waals surface area contributed by atoms with Gasteiger partial charge in [-0.25, -0.2) is 0 Å². The van der Waals surface area contributed by atoms with Crippen LogP contribution in [0.25, 0.3) is 0 Å². The molecule has 0 radical (unpaired) electrons. The Hall–Kier alpha value is -1.81. The summed E-state index contributed by atoms with van der Waals surface area (Å²) in [7, 11) is 0. The van der Waals surface area contributed by atoms with Crippen molar-refractivity contribution in [3.63, 3.8) is 0 Å². The zero-order chi connectivity index (χ0) is 14.1. The Morgan fingerprint density at radius 2 is 2.05 bits per heavy atom. The number of hydrogen-bond acceptors (Lipinski definition) is 3. The fourth-order valence-corrected chi connectivity index (χ4v) is 1.68. The molecule has 0 atom stereocenters. The first-order chi connectivity index (χ1) is 9.21. The maximum atomic E-state index is 11.9. The van der Waals surface area contributed by atoms with Crippen LogP contribution in [-0.2, 0) is 4.79 Å². The van der Waals surface area contributed by atoms with E-state index in [-0.39, 0.29) is 5.91 Å². The largest absolute Gasteiger partial charge is 0.487 e. The number of benzene rings is 1. The van der Waals surface area contributed by atoms with Crippen LogP contribution >= 0.6 is 0 Å². The third-order valence-corrected chi connectivity index (χ3v) is 2.78. The third-order valence-electron chi connectivity index (χ3n) is 2.78. The number of anilines is 1. The number of hydrogen-bond donors (Lipinski definition) is 1. The third kappa shape index (κ3) is 5.14. The summed E-state index contributed by atoms with van der Waals surface area (Å²) in [6.07, 6.45) is 1.68. The highest BCUT2D eigenvalue weighted by atomic mass is 16.5. The molecule has 0 heterocycles. The highest BCUT2D eigenvalue weighted by Gasteiger charge is 2.10. The van der Waals surface area contributed by atoms with E-state index in [0.717, 1.165) is 13.1 Å². The Labute approximate surface area is 115 Å². The summed E-state index contributed by atoms with van der Waals surface area (Å²) in [5.74, 6) is 0.633. The van der Waals surface area contributed by atoms with Crippen LogP contribution < -0.4 is 10.1 Å². The van der Waals surface area contributed by atoms with Crippen molar-refractivity contribution < 1.29 is 9.53 Å². The first-order valence-electron chi connectivity index (χ1n) is 6.56. The van der Waals surface area contributed by atoms with Gasteiger partial charge in [0.25, 0.3) is 0 Å². The Balaban J connectivity index is 2.65. The Kier molecular flexibility index (Phi) is 6.68. The van der Waals surface area contributed by atoms with Crippen LogP contribution in [0.3, 0.4) is 0 Å². The summed E-state index contributed by atoms with van der Waals surface area (Å²) < 4.78 is 5.50. The fourth-order valence-electron chi connectivity index (χ4n) is 1.68. The standard InChI is InChI=1S/C15H22N2O2/c1-4-11-19-14-10-8-7-9-13(14)16-15(18)12-17(5-2)6-3/h4,7-10H,1,5-6,11-12H2,2-3H3,(H,16,18). The van der Waals surface area contributed by atoms with E-state index in [0.29, 0.717) is 24.6 Å². The van der Waals surface area contributed by atoms with Crippen molar-refractivity contribution in [1.29, 1.82) is 0 Å². The van der Waals surface area contributed by atoms with Gasteiger partial charge in [0.15, 0.2) is 0 Å². The summed E-state index contributed by atoms with van der Waals surface area (Å²) in [6, 6.07) is 7.40. The van der Waals surface area contributed by atoms with Crippen LogP contribution in [0.2, 0.25) is 0 Å². The van der Waals surface area contributed by atoms with E-state index in [2.05, 4.69) is 16.8 Å². The quantitative estimate of drug-likeness (QED) is 0.732. The minimum absolute atomic E-state index is 0.0293. The van der Waals surface area contributed by atoms with Gasteiger partial charge in [-0.1, -0.05) is 38.6 Å². The highest BCUT2D eigenvalue weighted by Crippen LogP contribution is 2.23. The van der Waals surface area contributed by atoms with E-state index in [4.69, 9.17) is 4.74 Å². The number of carbonyl (C=O) groups excluding carboxylic acids is 1. The summed E-state index contributed by atoms with van der Waals surface area (Å²) in [6.45, 7) is 10.2. The van der Waals surface area contributed by atoms with E-state index in [1.807, 2.05) is 38.1 Å². The van der Waals surface area contributed by atoms with E-state index in [9.17, 15) is 4.79 Å². The van der Waals surface area contributed by atoms with Crippen LogP contribution in [0.1, 0.15) is 13.8 Å². The molecule has 1 aromatic carbocycles. The van der Waals surface area contributed by atoms with E-state index < -0.39 is 0 Å². The Bertz CT molecular complexity index is 414. The van der Waals surface area contributed by atoms with Crippen molar-refractivity contribution in [2.24, 2.45) is 0 Å². The smallest absolute Gasteiger partial charge is 0.238 e. The van der Waals surface area contributed by atoms with Gasteiger partial charge in [0, 0.05) is 0 Å². The number of para-hydroxylation sites is 2. The van der Waals surface area contributed by atoms with Crippen molar-refractivity contribution >= 4 is 11.6 Å². The lowest BCUT2D eigenvalue weighted by molar-refractivity contribution is -0.117. The van der Waals surface area contributed by atoms with Gasteiger partial charge in [0.05, 0.1) is 12.2 Å². The molecule has 0 fully saturated rings. The Morgan fingerprint density at radius 3 is 2.68 bits per heavy atom. The molecule has 4 nitrogen and oxygen atoms in total. The molecule has 1 amide bonds. The SMILES string of the molecule is C=CCOc1ccccc1NC(=O)CN(CC)CC. The molecule has 4 heteroatoms. The number of amides is 1. The van der Waals surface area contributed by atoms with Gasteiger partial charge in [-0.3, -0.25) is 9.69 Å². The molecule has 0 aliphatic rings. The predicted octanol–water partition coefficient (Wildman–Crippen LogP) is 2.53. The lowest BCUT2D eigenvalue weighted by Crippen LogP contribution is -2.33. The Morgan fingerprint density at radius 1 is 1.37 bits per heavy atom. The van der Waals surface area contributed by atoms with Crippen molar-refractivity contribution in [2.75, 3.05) is 31.6 Å². The van der Waals surface area contributed by atoms with E-state index in [1.54, 1.807) is 6.08 Å². The summed E-state index contributed by atoms with van der Waals surface area (Å²) in [5.41, 5.74) is 0.696. The molecule has 0 aromatic heterocycles. The summed E-state index contributed by atoms with van der Waals surface area (Å²) in [4.78, 5) is 14.0. The molecule has 0 saturated heterocycles. The van der Waals surface area contributed by atoms with Crippen molar-refractivity contribution in [3.05, 3.63) is 36.9 Å². The topological polar surface area (TPSA) is 41.6 Å². The van der Waals surface area contributed by atoms with Gasteiger partial charge in [-0.2, -0.15) is 0 Å². The van der Waals surface area contributed by atoms with Crippen LogP contribution in [0.15, 0.2) is 36.9 Å². The monoisotopic (exact) mass is 262 g/mol.